The number of benzene rings is 1. The van der Waals surface area contributed by atoms with Crippen LogP contribution >= 0.6 is 39.1 Å². The molecule has 0 aliphatic heterocycles. The van der Waals surface area contributed by atoms with Crippen molar-refractivity contribution < 1.29 is 4.42 Å². The SMILES string of the molecule is O=c1[nH]c2c(Cl)c(Cl)c(Br)cc2c(=O)o1. The number of fused-ring (bicyclic) bond motifs is 1. The van der Waals surface area contributed by atoms with E-state index in [0.29, 0.717) is 4.47 Å². The van der Waals surface area contributed by atoms with Crippen molar-refractivity contribution in [2.24, 2.45) is 0 Å². The average Bonchev–Trinajstić information content (AvgIpc) is 2.17. The third-order valence-corrected chi connectivity index (χ3v) is 3.52. The van der Waals surface area contributed by atoms with Gasteiger partial charge in [-0.05, 0) is 22.0 Å². The Bertz CT molecular complexity index is 661. The van der Waals surface area contributed by atoms with Crippen LogP contribution in [0.25, 0.3) is 10.9 Å². The zero-order valence-electron chi connectivity index (χ0n) is 6.94. The van der Waals surface area contributed by atoms with Crippen molar-refractivity contribution in [3.8, 4) is 0 Å². The number of nitrogens with one attached hydrogen (secondary N) is 1. The topological polar surface area (TPSA) is 63.1 Å². The van der Waals surface area contributed by atoms with E-state index >= 15 is 0 Å². The zero-order valence-corrected chi connectivity index (χ0v) is 10.0. The molecular weight excluding hydrogens is 309 g/mol. The molecule has 0 bridgehead atoms. The fourth-order valence-electron chi connectivity index (χ4n) is 1.15. The molecule has 4 nitrogen and oxygen atoms in total. The number of halogens is 3. The number of H-pyrrole nitrogens is 1. The van der Waals surface area contributed by atoms with Crippen LogP contribution in [0.5, 0.6) is 0 Å². The first-order chi connectivity index (χ1) is 7.00. The van der Waals surface area contributed by atoms with Gasteiger partial charge in [0.15, 0.2) is 0 Å². The largest absolute Gasteiger partial charge is 0.419 e. The Hall–Kier alpha value is -0.780. The third kappa shape index (κ3) is 1.71. The number of hydrogen-bond acceptors (Lipinski definition) is 3. The summed E-state index contributed by atoms with van der Waals surface area (Å²) in [5, 5.41) is 0.493. The monoisotopic (exact) mass is 309 g/mol. The molecule has 1 aromatic carbocycles. The molecule has 0 spiro atoms. The molecule has 0 aliphatic rings. The van der Waals surface area contributed by atoms with Gasteiger partial charge in [0.1, 0.15) is 0 Å². The summed E-state index contributed by atoms with van der Waals surface area (Å²) >= 11 is 14.8. The van der Waals surface area contributed by atoms with Gasteiger partial charge in [-0.2, -0.15) is 0 Å². The first-order valence-corrected chi connectivity index (χ1v) is 5.26. The highest BCUT2D eigenvalue weighted by Gasteiger charge is 2.12. The summed E-state index contributed by atoms with van der Waals surface area (Å²) in [5.74, 6) is -0.868. The van der Waals surface area contributed by atoms with Gasteiger partial charge >= 0.3 is 11.4 Å². The lowest BCUT2D eigenvalue weighted by molar-refractivity contribution is 0.460. The molecule has 1 N–H and O–H groups in total. The summed E-state index contributed by atoms with van der Waals surface area (Å²) in [5.41, 5.74) is -0.584. The van der Waals surface area contributed by atoms with Gasteiger partial charge in [0, 0.05) is 4.47 Å². The maximum absolute atomic E-state index is 11.3. The van der Waals surface area contributed by atoms with Crippen LogP contribution in [-0.4, -0.2) is 4.98 Å². The van der Waals surface area contributed by atoms with Crippen LogP contribution in [-0.2, 0) is 0 Å². The second kappa shape index (κ2) is 3.66. The Balaban J connectivity index is 3.12. The van der Waals surface area contributed by atoms with Gasteiger partial charge in [-0.25, -0.2) is 9.59 Å². The summed E-state index contributed by atoms with van der Waals surface area (Å²) < 4.78 is 4.81. The second-order valence-corrected chi connectivity index (χ2v) is 4.32. The molecule has 0 fully saturated rings. The van der Waals surface area contributed by atoms with Gasteiger partial charge in [0.2, 0.25) is 0 Å². The molecule has 15 heavy (non-hydrogen) atoms. The zero-order chi connectivity index (χ0) is 11.2. The lowest BCUT2D eigenvalue weighted by Crippen LogP contribution is -2.14. The van der Waals surface area contributed by atoms with Gasteiger partial charge in [0.25, 0.3) is 0 Å². The van der Waals surface area contributed by atoms with E-state index in [1.54, 1.807) is 0 Å². The van der Waals surface area contributed by atoms with Crippen molar-refractivity contribution in [1.29, 1.82) is 0 Å². The quantitative estimate of drug-likeness (QED) is 0.761. The van der Waals surface area contributed by atoms with Crippen molar-refractivity contribution in [1.82, 2.24) is 4.98 Å². The molecular formula is C8H2BrCl2NO3. The van der Waals surface area contributed by atoms with E-state index < -0.39 is 11.4 Å². The lowest BCUT2D eigenvalue weighted by Gasteiger charge is -2.02. The number of rotatable bonds is 0. The summed E-state index contributed by atoms with van der Waals surface area (Å²) in [4.78, 5) is 24.5. The molecule has 0 aliphatic carbocycles. The molecule has 7 heteroatoms. The minimum Gasteiger partial charge on any atom is -0.372 e. The van der Waals surface area contributed by atoms with Crippen molar-refractivity contribution >= 4 is 50.0 Å². The van der Waals surface area contributed by atoms with E-state index in [0.717, 1.165) is 0 Å². The van der Waals surface area contributed by atoms with Crippen LogP contribution in [0.15, 0.2) is 24.5 Å². The minimum atomic E-state index is -0.868. The Morgan fingerprint density at radius 2 is 1.93 bits per heavy atom. The maximum Gasteiger partial charge on any atom is 0.419 e. The summed E-state index contributed by atoms with van der Waals surface area (Å²) in [6.45, 7) is 0. The van der Waals surface area contributed by atoms with Crippen LogP contribution in [0.3, 0.4) is 0 Å². The van der Waals surface area contributed by atoms with E-state index in [1.807, 2.05) is 0 Å². The molecule has 0 radical (unpaired) electrons. The molecule has 78 valence electrons. The van der Waals surface area contributed by atoms with E-state index in [9.17, 15) is 9.59 Å². The highest BCUT2D eigenvalue weighted by Crippen LogP contribution is 2.34. The van der Waals surface area contributed by atoms with E-state index in [1.165, 1.54) is 6.07 Å². The highest BCUT2D eigenvalue weighted by molar-refractivity contribution is 9.10. The van der Waals surface area contributed by atoms with Gasteiger partial charge in [-0.1, -0.05) is 23.2 Å². The highest BCUT2D eigenvalue weighted by atomic mass is 79.9. The van der Waals surface area contributed by atoms with Crippen LogP contribution in [0.2, 0.25) is 10.0 Å². The molecule has 0 atom stereocenters. The fourth-order valence-corrected chi connectivity index (χ4v) is 2.09. The Labute approximate surface area is 101 Å². The standard InChI is InChI=1S/C8H2BrCl2NO3/c9-3-1-2-6(5(11)4(3)10)12-8(14)15-7(2)13/h1H,(H,12,14). The molecule has 0 unspecified atom stereocenters. The molecule has 0 saturated heterocycles. The van der Waals surface area contributed by atoms with E-state index in [4.69, 9.17) is 23.2 Å². The molecule has 1 heterocycles. The van der Waals surface area contributed by atoms with Crippen LogP contribution in [0.1, 0.15) is 0 Å². The van der Waals surface area contributed by atoms with E-state index in [-0.39, 0.29) is 20.9 Å². The second-order valence-electron chi connectivity index (χ2n) is 2.71. The molecule has 2 rings (SSSR count). The van der Waals surface area contributed by atoms with Gasteiger partial charge in [-0.3, -0.25) is 4.98 Å². The summed E-state index contributed by atoms with van der Waals surface area (Å²) in [7, 11) is 0. The number of hydrogen-bond donors (Lipinski definition) is 1. The lowest BCUT2D eigenvalue weighted by atomic mass is 10.2. The van der Waals surface area contributed by atoms with Crippen molar-refractivity contribution in [2.45, 2.75) is 0 Å². The minimum absolute atomic E-state index is 0.103. The van der Waals surface area contributed by atoms with Crippen molar-refractivity contribution in [2.75, 3.05) is 0 Å². The predicted molar refractivity (Wildman–Crippen MR) is 60.8 cm³/mol. The van der Waals surface area contributed by atoms with Crippen molar-refractivity contribution in [3.05, 3.63) is 41.6 Å². The van der Waals surface area contributed by atoms with Crippen molar-refractivity contribution in [3.63, 3.8) is 0 Å². The Morgan fingerprint density at radius 3 is 2.60 bits per heavy atom. The smallest absolute Gasteiger partial charge is 0.372 e. The average molecular weight is 311 g/mol. The first-order valence-electron chi connectivity index (χ1n) is 3.71. The Morgan fingerprint density at radius 1 is 1.27 bits per heavy atom. The Kier molecular flexibility index (Phi) is 2.62. The first kappa shape index (κ1) is 10.7. The molecule has 1 aromatic heterocycles. The number of aromatic nitrogens is 1. The molecule has 0 amide bonds. The van der Waals surface area contributed by atoms with E-state index in [2.05, 4.69) is 25.3 Å². The maximum atomic E-state index is 11.3. The van der Waals surface area contributed by atoms with Crippen LogP contribution in [0.4, 0.5) is 0 Å². The predicted octanol–water partition coefficient (Wildman–Crippen LogP) is 2.55. The molecule has 2 aromatic rings. The normalized spacial score (nSPS) is 10.9. The van der Waals surface area contributed by atoms with Gasteiger partial charge in [-0.15, -0.1) is 0 Å². The van der Waals surface area contributed by atoms with Gasteiger partial charge in [0.05, 0.1) is 20.9 Å². The fraction of sp³-hybridized carbons (Fsp3) is 0. The number of aromatic amines is 1. The van der Waals surface area contributed by atoms with Crippen LogP contribution in [0, 0.1) is 0 Å². The molecule has 0 saturated carbocycles. The van der Waals surface area contributed by atoms with Crippen LogP contribution < -0.4 is 11.4 Å². The van der Waals surface area contributed by atoms with Gasteiger partial charge < -0.3 is 4.42 Å². The summed E-state index contributed by atoms with van der Waals surface area (Å²) in [6, 6.07) is 1.44. The third-order valence-electron chi connectivity index (χ3n) is 1.79. The summed E-state index contributed by atoms with van der Waals surface area (Å²) in [6.07, 6.45) is 0.